The van der Waals surface area contributed by atoms with E-state index in [1.807, 2.05) is 42.5 Å². The van der Waals surface area contributed by atoms with Crippen LogP contribution in [-0.2, 0) is 17.8 Å². The molecule has 3 rings (SSSR count). The maximum Gasteiger partial charge on any atom is 0.232 e. The van der Waals surface area contributed by atoms with E-state index >= 15 is 0 Å². The van der Waals surface area contributed by atoms with Crippen LogP contribution in [0.5, 0.6) is 0 Å². The SMILES string of the molecule is C=CCOCC(O)CN(Cc1ccco1)Cc1c(-c2ccccc2)noc1N(CC)CC. The molecule has 0 saturated heterocycles. The molecule has 0 aliphatic rings. The maximum atomic E-state index is 10.6. The summed E-state index contributed by atoms with van der Waals surface area (Å²) in [6.07, 6.45) is 2.68. The number of furan rings is 1. The second-order valence-corrected chi connectivity index (χ2v) is 7.58. The highest BCUT2D eigenvalue weighted by Crippen LogP contribution is 2.32. The van der Waals surface area contributed by atoms with Crippen LogP contribution in [0.25, 0.3) is 11.3 Å². The zero-order chi connectivity index (χ0) is 22.8. The Balaban J connectivity index is 1.90. The molecule has 0 amide bonds. The fourth-order valence-corrected chi connectivity index (χ4v) is 3.69. The largest absolute Gasteiger partial charge is 0.468 e. The minimum Gasteiger partial charge on any atom is -0.468 e. The molecule has 0 saturated carbocycles. The van der Waals surface area contributed by atoms with Gasteiger partial charge >= 0.3 is 0 Å². The van der Waals surface area contributed by atoms with Gasteiger partial charge in [-0.3, -0.25) is 4.90 Å². The smallest absolute Gasteiger partial charge is 0.232 e. The van der Waals surface area contributed by atoms with E-state index in [9.17, 15) is 5.11 Å². The van der Waals surface area contributed by atoms with Gasteiger partial charge in [-0.1, -0.05) is 41.6 Å². The summed E-state index contributed by atoms with van der Waals surface area (Å²) >= 11 is 0. The summed E-state index contributed by atoms with van der Waals surface area (Å²) in [5.74, 6) is 1.59. The standard InChI is InChI=1S/C25H33N3O4/c1-4-14-30-19-21(29)16-27(17-22-13-10-15-31-22)18-23-24(20-11-8-7-9-12-20)26-32-25(23)28(5-2)6-3/h4,7-13,15,21,29H,1,5-6,14,16-19H2,2-3H3. The van der Waals surface area contributed by atoms with Gasteiger partial charge in [0.2, 0.25) is 5.88 Å². The molecule has 1 N–H and O–H groups in total. The predicted molar refractivity (Wildman–Crippen MR) is 125 cm³/mol. The summed E-state index contributed by atoms with van der Waals surface area (Å²) in [5.41, 5.74) is 2.80. The summed E-state index contributed by atoms with van der Waals surface area (Å²) < 4.78 is 16.9. The molecule has 0 aliphatic heterocycles. The number of aliphatic hydroxyl groups excluding tert-OH is 1. The number of benzene rings is 1. The summed E-state index contributed by atoms with van der Waals surface area (Å²) in [6, 6.07) is 13.8. The van der Waals surface area contributed by atoms with Crippen LogP contribution in [0.3, 0.4) is 0 Å². The maximum absolute atomic E-state index is 10.6. The highest BCUT2D eigenvalue weighted by Gasteiger charge is 2.25. The van der Waals surface area contributed by atoms with Crippen molar-refractivity contribution in [3.8, 4) is 11.3 Å². The van der Waals surface area contributed by atoms with Crippen molar-refractivity contribution < 1.29 is 18.8 Å². The Hall–Kier alpha value is -2.87. The average Bonchev–Trinajstić information content (AvgIpc) is 3.46. The van der Waals surface area contributed by atoms with Gasteiger partial charge in [0.1, 0.15) is 11.5 Å². The van der Waals surface area contributed by atoms with E-state index in [1.54, 1.807) is 12.3 Å². The highest BCUT2D eigenvalue weighted by atomic mass is 16.5. The Labute approximate surface area is 189 Å². The van der Waals surface area contributed by atoms with Crippen molar-refractivity contribution in [1.82, 2.24) is 10.1 Å². The van der Waals surface area contributed by atoms with Crippen LogP contribution in [0.2, 0.25) is 0 Å². The number of hydrogen-bond donors (Lipinski definition) is 1. The summed E-state index contributed by atoms with van der Waals surface area (Å²) in [4.78, 5) is 4.29. The third-order valence-electron chi connectivity index (χ3n) is 5.22. The third-order valence-corrected chi connectivity index (χ3v) is 5.22. The second-order valence-electron chi connectivity index (χ2n) is 7.58. The van der Waals surface area contributed by atoms with Crippen LogP contribution >= 0.6 is 0 Å². The summed E-state index contributed by atoms with van der Waals surface area (Å²) in [5, 5.41) is 15.0. The first-order valence-electron chi connectivity index (χ1n) is 11.1. The van der Waals surface area contributed by atoms with Crippen molar-refractivity contribution in [2.75, 3.05) is 37.7 Å². The molecular formula is C25H33N3O4. The molecule has 1 atom stereocenters. The van der Waals surface area contributed by atoms with Crippen LogP contribution in [-0.4, -0.2) is 54.1 Å². The molecule has 1 aromatic carbocycles. The molecule has 7 heteroatoms. The zero-order valence-corrected chi connectivity index (χ0v) is 18.9. The van der Waals surface area contributed by atoms with Crippen molar-refractivity contribution in [1.29, 1.82) is 0 Å². The number of anilines is 1. The van der Waals surface area contributed by atoms with Gasteiger partial charge in [0, 0.05) is 31.7 Å². The van der Waals surface area contributed by atoms with Crippen molar-refractivity contribution in [3.05, 3.63) is 72.7 Å². The van der Waals surface area contributed by atoms with Gasteiger partial charge in [0.15, 0.2) is 0 Å². The van der Waals surface area contributed by atoms with E-state index in [0.717, 1.165) is 41.6 Å². The van der Waals surface area contributed by atoms with Crippen molar-refractivity contribution >= 4 is 5.88 Å². The van der Waals surface area contributed by atoms with E-state index in [-0.39, 0.29) is 6.61 Å². The Kier molecular flexibility index (Phi) is 9.10. The number of aliphatic hydroxyl groups is 1. The lowest BCUT2D eigenvalue weighted by molar-refractivity contribution is 0.0216. The third kappa shape index (κ3) is 6.32. The number of ether oxygens (including phenoxy) is 1. The molecule has 0 bridgehead atoms. The topological polar surface area (TPSA) is 75.1 Å². The second kappa shape index (κ2) is 12.2. The van der Waals surface area contributed by atoms with E-state index in [0.29, 0.717) is 26.2 Å². The van der Waals surface area contributed by atoms with Gasteiger partial charge in [-0.2, -0.15) is 0 Å². The van der Waals surface area contributed by atoms with Crippen LogP contribution in [0, 0.1) is 0 Å². The van der Waals surface area contributed by atoms with Crippen LogP contribution in [0.4, 0.5) is 5.88 Å². The lowest BCUT2D eigenvalue weighted by Crippen LogP contribution is -2.35. The van der Waals surface area contributed by atoms with Gasteiger partial charge in [0.25, 0.3) is 0 Å². The molecule has 0 spiro atoms. The van der Waals surface area contributed by atoms with Gasteiger partial charge in [-0.15, -0.1) is 6.58 Å². The lowest BCUT2D eigenvalue weighted by Gasteiger charge is -2.26. The molecule has 0 aliphatic carbocycles. The first-order valence-corrected chi connectivity index (χ1v) is 11.1. The number of nitrogens with zero attached hydrogens (tertiary/aromatic N) is 3. The lowest BCUT2D eigenvalue weighted by atomic mass is 10.1. The number of hydrogen-bond acceptors (Lipinski definition) is 7. The van der Waals surface area contributed by atoms with E-state index in [1.165, 1.54) is 0 Å². The molecule has 7 nitrogen and oxygen atoms in total. The van der Waals surface area contributed by atoms with Gasteiger partial charge in [-0.25, -0.2) is 0 Å². The van der Waals surface area contributed by atoms with Gasteiger partial charge in [-0.05, 0) is 26.0 Å². The highest BCUT2D eigenvalue weighted by molar-refractivity contribution is 5.68. The molecule has 32 heavy (non-hydrogen) atoms. The van der Waals surface area contributed by atoms with Crippen LogP contribution in [0.15, 0.2) is 70.3 Å². The van der Waals surface area contributed by atoms with E-state index in [2.05, 4.69) is 35.4 Å². The zero-order valence-electron chi connectivity index (χ0n) is 18.9. The van der Waals surface area contributed by atoms with Gasteiger partial charge < -0.3 is 23.7 Å². The molecule has 0 radical (unpaired) electrons. The molecule has 1 unspecified atom stereocenters. The Morgan fingerprint density at radius 3 is 2.56 bits per heavy atom. The predicted octanol–water partition coefficient (Wildman–Crippen LogP) is 4.35. The minimum atomic E-state index is -0.651. The monoisotopic (exact) mass is 439 g/mol. The molecule has 0 fully saturated rings. The minimum absolute atomic E-state index is 0.235. The van der Waals surface area contributed by atoms with E-state index in [4.69, 9.17) is 13.7 Å². The van der Waals surface area contributed by atoms with E-state index < -0.39 is 6.10 Å². The molecule has 2 heterocycles. The number of aromatic nitrogens is 1. The Morgan fingerprint density at radius 2 is 1.91 bits per heavy atom. The Bertz CT molecular complexity index is 920. The van der Waals surface area contributed by atoms with Crippen LogP contribution in [0.1, 0.15) is 25.2 Å². The molecule has 3 aromatic rings. The van der Waals surface area contributed by atoms with Crippen molar-refractivity contribution in [2.45, 2.75) is 33.0 Å². The summed E-state index contributed by atoms with van der Waals surface area (Å²) in [7, 11) is 0. The van der Waals surface area contributed by atoms with Crippen LogP contribution < -0.4 is 4.90 Å². The first-order chi connectivity index (χ1) is 15.7. The summed E-state index contributed by atoms with van der Waals surface area (Å²) in [6.45, 7) is 11.6. The quantitative estimate of drug-likeness (QED) is 0.296. The van der Waals surface area contributed by atoms with Crippen molar-refractivity contribution in [3.63, 3.8) is 0 Å². The number of rotatable bonds is 14. The molecule has 172 valence electrons. The molecular weight excluding hydrogens is 406 g/mol. The normalized spacial score (nSPS) is 12.2. The molecule has 2 aromatic heterocycles. The fourth-order valence-electron chi connectivity index (χ4n) is 3.69. The average molecular weight is 440 g/mol. The first kappa shape index (κ1) is 23.8. The van der Waals surface area contributed by atoms with Crippen molar-refractivity contribution in [2.24, 2.45) is 0 Å². The van der Waals surface area contributed by atoms with Gasteiger partial charge in [0.05, 0.1) is 37.7 Å². The fraction of sp³-hybridized carbons (Fsp3) is 0.400. The Morgan fingerprint density at radius 1 is 1.12 bits per heavy atom.